The topological polar surface area (TPSA) is 12.5 Å². The predicted molar refractivity (Wildman–Crippen MR) is 88.4 cm³/mol. The highest BCUT2D eigenvalue weighted by atomic mass is 35.5. The van der Waals surface area contributed by atoms with Crippen molar-refractivity contribution >= 4 is 11.6 Å². The predicted octanol–water partition coefficient (Wildman–Crippen LogP) is 3.97. The van der Waals surface area contributed by atoms with Crippen LogP contribution in [0.15, 0.2) is 24.3 Å². The Hall–Kier alpha value is -0.310. The summed E-state index contributed by atoms with van der Waals surface area (Å²) >= 11 is 5.98. The van der Waals surface area contributed by atoms with Crippen molar-refractivity contribution in [3.63, 3.8) is 0 Å². The number of methoxy groups -OCH3 is 1. The summed E-state index contributed by atoms with van der Waals surface area (Å²) in [6.45, 7) is 13.5. The number of nitrogens with zero attached hydrogens (tertiary/aromatic N) is 1. The van der Waals surface area contributed by atoms with Gasteiger partial charge in [-0.2, -0.15) is 0 Å². The molecule has 1 aliphatic rings. The maximum Gasteiger partial charge on any atom is 0.0589 e. The molecule has 0 aromatic carbocycles. The SMILES string of the molecule is C=C(CN(C)CCOC)C1CCC(C)C(C(=C)CCl)C1. The zero-order valence-electron chi connectivity index (χ0n) is 13.3. The lowest BCUT2D eigenvalue weighted by Crippen LogP contribution is -2.31. The Morgan fingerprint density at radius 3 is 2.60 bits per heavy atom. The van der Waals surface area contributed by atoms with Gasteiger partial charge in [0.15, 0.2) is 0 Å². The van der Waals surface area contributed by atoms with Crippen molar-refractivity contribution in [2.24, 2.45) is 17.8 Å². The average molecular weight is 300 g/mol. The van der Waals surface area contributed by atoms with Crippen LogP contribution in [0.5, 0.6) is 0 Å². The van der Waals surface area contributed by atoms with Crippen LogP contribution in [-0.2, 0) is 4.74 Å². The highest BCUT2D eigenvalue weighted by Crippen LogP contribution is 2.40. The minimum atomic E-state index is 0.562. The van der Waals surface area contributed by atoms with Gasteiger partial charge in [0.2, 0.25) is 0 Å². The fraction of sp³-hybridized carbons (Fsp3) is 0.765. The van der Waals surface area contributed by atoms with Gasteiger partial charge in [0.1, 0.15) is 0 Å². The number of hydrogen-bond donors (Lipinski definition) is 0. The van der Waals surface area contributed by atoms with Gasteiger partial charge in [-0.15, -0.1) is 11.6 Å². The van der Waals surface area contributed by atoms with Crippen LogP contribution in [0.3, 0.4) is 0 Å². The third-order valence-corrected chi connectivity index (χ3v) is 4.96. The van der Waals surface area contributed by atoms with Crippen LogP contribution in [0.1, 0.15) is 26.2 Å². The highest BCUT2D eigenvalue weighted by molar-refractivity contribution is 6.19. The molecule has 0 bridgehead atoms. The lowest BCUT2D eigenvalue weighted by molar-refractivity contribution is 0.161. The second-order valence-electron chi connectivity index (χ2n) is 6.27. The minimum absolute atomic E-state index is 0.562. The molecule has 116 valence electrons. The fourth-order valence-electron chi connectivity index (χ4n) is 3.16. The summed E-state index contributed by atoms with van der Waals surface area (Å²) < 4.78 is 5.12. The molecule has 1 saturated carbocycles. The van der Waals surface area contributed by atoms with Gasteiger partial charge in [-0.05, 0) is 44.1 Å². The molecule has 0 aromatic heterocycles. The number of likely N-dealkylation sites (N-methyl/N-ethyl adjacent to an activating group) is 1. The van der Waals surface area contributed by atoms with Crippen LogP contribution in [0.4, 0.5) is 0 Å². The summed E-state index contributed by atoms with van der Waals surface area (Å²) in [6.07, 6.45) is 3.68. The number of allylic oxidation sites excluding steroid dienone is 1. The van der Waals surface area contributed by atoms with Crippen LogP contribution in [0, 0.1) is 17.8 Å². The number of alkyl halides is 1. The van der Waals surface area contributed by atoms with E-state index >= 15 is 0 Å². The standard InChI is InChI=1S/C17H30ClNO/c1-13-6-7-16(10-17(13)14(2)11-18)15(3)12-19(4)8-9-20-5/h13,16-17H,2-3,6-12H2,1,4-5H3. The van der Waals surface area contributed by atoms with Gasteiger partial charge < -0.3 is 9.64 Å². The molecule has 0 radical (unpaired) electrons. The molecule has 2 nitrogen and oxygen atoms in total. The van der Waals surface area contributed by atoms with Gasteiger partial charge in [-0.25, -0.2) is 0 Å². The Morgan fingerprint density at radius 2 is 2.00 bits per heavy atom. The molecular weight excluding hydrogens is 270 g/mol. The number of ether oxygens (including phenoxy) is 1. The summed E-state index contributed by atoms with van der Waals surface area (Å²) in [5.41, 5.74) is 2.55. The monoisotopic (exact) mass is 299 g/mol. The summed E-state index contributed by atoms with van der Waals surface area (Å²) in [5.74, 6) is 2.46. The van der Waals surface area contributed by atoms with E-state index < -0.39 is 0 Å². The highest BCUT2D eigenvalue weighted by Gasteiger charge is 2.30. The molecule has 20 heavy (non-hydrogen) atoms. The molecule has 1 fully saturated rings. The average Bonchev–Trinajstić information content (AvgIpc) is 2.44. The van der Waals surface area contributed by atoms with Crippen molar-refractivity contribution in [2.45, 2.75) is 26.2 Å². The maximum absolute atomic E-state index is 5.98. The van der Waals surface area contributed by atoms with Crippen LogP contribution in [-0.4, -0.2) is 44.6 Å². The summed E-state index contributed by atoms with van der Waals surface area (Å²) in [4.78, 5) is 2.29. The van der Waals surface area contributed by atoms with Crippen molar-refractivity contribution in [2.75, 3.05) is 39.7 Å². The Labute approximate surface area is 129 Å². The molecule has 3 atom stereocenters. The van der Waals surface area contributed by atoms with Crippen molar-refractivity contribution in [3.05, 3.63) is 24.3 Å². The maximum atomic E-state index is 5.98. The molecule has 0 N–H and O–H groups in total. The quantitative estimate of drug-likeness (QED) is 0.497. The van der Waals surface area contributed by atoms with E-state index in [1.807, 2.05) is 0 Å². The molecule has 0 aliphatic heterocycles. The largest absolute Gasteiger partial charge is 0.383 e. The number of hydrogen-bond acceptors (Lipinski definition) is 2. The molecule has 3 unspecified atom stereocenters. The van der Waals surface area contributed by atoms with Gasteiger partial charge in [0.05, 0.1) is 6.61 Å². The molecule has 1 rings (SSSR count). The van der Waals surface area contributed by atoms with E-state index in [1.54, 1.807) is 7.11 Å². The number of halogens is 1. The minimum Gasteiger partial charge on any atom is -0.383 e. The fourth-order valence-corrected chi connectivity index (χ4v) is 3.36. The van der Waals surface area contributed by atoms with Crippen LogP contribution in [0.2, 0.25) is 0 Å². The van der Waals surface area contributed by atoms with E-state index in [1.165, 1.54) is 30.4 Å². The van der Waals surface area contributed by atoms with Gasteiger partial charge in [-0.3, -0.25) is 0 Å². The van der Waals surface area contributed by atoms with Crippen molar-refractivity contribution < 1.29 is 4.74 Å². The zero-order valence-corrected chi connectivity index (χ0v) is 14.1. The zero-order chi connectivity index (χ0) is 15.1. The smallest absolute Gasteiger partial charge is 0.0589 e. The van der Waals surface area contributed by atoms with Gasteiger partial charge >= 0.3 is 0 Å². The third-order valence-electron chi connectivity index (χ3n) is 4.62. The third kappa shape index (κ3) is 5.23. The van der Waals surface area contributed by atoms with Gasteiger partial charge in [0, 0.05) is 26.1 Å². The molecule has 0 amide bonds. The van der Waals surface area contributed by atoms with Crippen LogP contribution in [0.25, 0.3) is 0 Å². The normalized spacial score (nSPS) is 26.8. The lowest BCUT2D eigenvalue weighted by atomic mass is 9.70. The first-order chi connectivity index (χ1) is 9.49. The van der Waals surface area contributed by atoms with Gasteiger partial charge in [0.25, 0.3) is 0 Å². The molecule has 3 heteroatoms. The van der Waals surface area contributed by atoms with Gasteiger partial charge in [-0.1, -0.05) is 31.2 Å². The van der Waals surface area contributed by atoms with Crippen molar-refractivity contribution in [1.82, 2.24) is 4.90 Å². The second kappa shape index (κ2) is 8.86. The molecule has 0 spiro atoms. The first-order valence-corrected chi connectivity index (χ1v) is 8.11. The van der Waals surface area contributed by atoms with Crippen LogP contribution >= 0.6 is 11.6 Å². The van der Waals surface area contributed by atoms with Crippen molar-refractivity contribution in [3.8, 4) is 0 Å². The lowest BCUT2D eigenvalue weighted by Gasteiger charge is -2.37. The molecule has 0 saturated heterocycles. The van der Waals surface area contributed by atoms with E-state index in [2.05, 4.69) is 32.0 Å². The van der Waals surface area contributed by atoms with Crippen molar-refractivity contribution in [1.29, 1.82) is 0 Å². The second-order valence-corrected chi connectivity index (χ2v) is 6.54. The first-order valence-electron chi connectivity index (χ1n) is 7.58. The summed E-state index contributed by atoms with van der Waals surface area (Å²) in [7, 11) is 3.87. The molecule has 0 heterocycles. The Kier molecular flexibility index (Phi) is 7.86. The van der Waals surface area contributed by atoms with E-state index in [9.17, 15) is 0 Å². The van der Waals surface area contributed by atoms with E-state index in [0.29, 0.717) is 23.6 Å². The molecular formula is C17H30ClNO. The number of rotatable bonds is 8. The first kappa shape index (κ1) is 17.7. The summed E-state index contributed by atoms with van der Waals surface area (Å²) in [6, 6.07) is 0. The van der Waals surface area contributed by atoms with Crippen LogP contribution < -0.4 is 0 Å². The molecule has 0 aromatic rings. The van der Waals surface area contributed by atoms with E-state index in [-0.39, 0.29) is 0 Å². The molecule has 1 aliphatic carbocycles. The Morgan fingerprint density at radius 1 is 1.30 bits per heavy atom. The van der Waals surface area contributed by atoms with E-state index in [0.717, 1.165) is 19.7 Å². The van der Waals surface area contributed by atoms with E-state index in [4.69, 9.17) is 16.3 Å². The summed E-state index contributed by atoms with van der Waals surface area (Å²) in [5, 5.41) is 0. The Balaban J connectivity index is 2.50. The Bertz CT molecular complexity index is 329.